The van der Waals surface area contributed by atoms with Crippen LogP contribution < -0.4 is 29.0 Å². The zero-order valence-electron chi connectivity index (χ0n) is 18.8. The molecule has 0 aliphatic rings. The van der Waals surface area contributed by atoms with Gasteiger partial charge in [-0.2, -0.15) is 5.26 Å². The van der Waals surface area contributed by atoms with Crippen LogP contribution in [0.3, 0.4) is 0 Å². The average Bonchev–Trinajstić information content (AvgIpc) is 3.41. The number of para-hydroxylation sites is 1. The van der Waals surface area contributed by atoms with E-state index in [0.717, 1.165) is 10.2 Å². The number of rotatable bonds is 7. The largest absolute Gasteiger partial charge is 0.496 e. The van der Waals surface area contributed by atoms with E-state index in [-0.39, 0.29) is 12.1 Å². The highest BCUT2D eigenvalue weighted by Gasteiger charge is 2.16. The molecule has 172 valence electrons. The standard InChI is InChI=1S/C25H21N3O4S2/c1-5-10-28-24(29)22(12-15-11-19(31-3)20(32-4)13-18(15)30-2)34-25(28)16(14-26)23-27-17-8-6-7-9-21(17)33-23/h5-9,11-13H,1,10H2,2-4H3. The van der Waals surface area contributed by atoms with Crippen molar-refractivity contribution in [1.82, 2.24) is 9.55 Å². The Morgan fingerprint density at radius 1 is 1.12 bits per heavy atom. The number of hydrogen-bond acceptors (Lipinski definition) is 8. The number of hydrogen-bond donors (Lipinski definition) is 0. The van der Waals surface area contributed by atoms with E-state index >= 15 is 0 Å². The molecule has 0 saturated carbocycles. The quantitative estimate of drug-likeness (QED) is 0.369. The van der Waals surface area contributed by atoms with Gasteiger partial charge in [0.2, 0.25) is 0 Å². The highest BCUT2D eigenvalue weighted by molar-refractivity contribution is 7.19. The average molecular weight is 492 g/mol. The van der Waals surface area contributed by atoms with Gasteiger partial charge in [0.1, 0.15) is 27.1 Å². The summed E-state index contributed by atoms with van der Waals surface area (Å²) in [4.78, 5) is 18.0. The number of thiazole rings is 2. The van der Waals surface area contributed by atoms with Gasteiger partial charge in [0.15, 0.2) is 11.5 Å². The summed E-state index contributed by atoms with van der Waals surface area (Å²) in [7, 11) is 4.63. The van der Waals surface area contributed by atoms with Crippen molar-refractivity contribution in [3.8, 4) is 23.3 Å². The number of nitrogens with zero attached hydrogens (tertiary/aromatic N) is 3. The summed E-state index contributed by atoms with van der Waals surface area (Å²) in [5.41, 5.74) is 1.58. The van der Waals surface area contributed by atoms with Gasteiger partial charge in [0.25, 0.3) is 5.56 Å². The second kappa shape index (κ2) is 9.95. The van der Waals surface area contributed by atoms with Crippen LogP contribution in [0.15, 0.2) is 53.8 Å². The molecule has 0 bridgehead atoms. The molecule has 0 N–H and O–H groups in total. The smallest absolute Gasteiger partial charge is 0.269 e. The number of nitriles is 1. The summed E-state index contributed by atoms with van der Waals surface area (Å²) < 4.78 is 19.7. The number of benzene rings is 2. The lowest BCUT2D eigenvalue weighted by molar-refractivity contribution is 0.348. The summed E-state index contributed by atoms with van der Waals surface area (Å²) in [6, 6.07) is 13.4. The Balaban J connectivity index is 2.01. The maximum Gasteiger partial charge on any atom is 0.269 e. The normalized spacial score (nSPS) is 12.4. The predicted octanol–water partition coefficient (Wildman–Crippen LogP) is 3.28. The first-order valence-corrected chi connectivity index (χ1v) is 11.8. The third-order valence-corrected chi connectivity index (χ3v) is 7.26. The Morgan fingerprint density at radius 3 is 2.47 bits per heavy atom. The SMILES string of the molecule is C=CCn1c(=C(C#N)c2nc3ccccc3s2)sc(=Cc2cc(OC)c(OC)cc2OC)c1=O. The van der Waals surface area contributed by atoms with Crippen LogP contribution in [-0.2, 0) is 6.54 Å². The van der Waals surface area contributed by atoms with Crippen LogP contribution in [0.4, 0.5) is 0 Å². The lowest BCUT2D eigenvalue weighted by Crippen LogP contribution is -2.31. The van der Waals surface area contributed by atoms with Gasteiger partial charge in [-0.1, -0.05) is 18.2 Å². The highest BCUT2D eigenvalue weighted by Crippen LogP contribution is 2.35. The molecular weight excluding hydrogens is 470 g/mol. The summed E-state index contributed by atoms with van der Waals surface area (Å²) >= 11 is 2.65. The van der Waals surface area contributed by atoms with Gasteiger partial charge in [-0.05, 0) is 24.3 Å². The molecule has 2 aromatic carbocycles. The molecule has 4 aromatic rings. The molecule has 34 heavy (non-hydrogen) atoms. The van der Waals surface area contributed by atoms with Crippen molar-refractivity contribution in [2.24, 2.45) is 0 Å². The van der Waals surface area contributed by atoms with Gasteiger partial charge in [-0.15, -0.1) is 29.3 Å². The minimum absolute atomic E-state index is 0.231. The van der Waals surface area contributed by atoms with E-state index in [1.54, 1.807) is 50.2 Å². The Bertz CT molecular complexity index is 1570. The van der Waals surface area contributed by atoms with Gasteiger partial charge in [0, 0.05) is 18.2 Å². The second-order valence-electron chi connectivity index (χ2n) is 7.04. The maximum absolute atomic E-state index is 13.3. The molecule has 4 rings (SSSR count). The van der Waals surface area contributed by atoms with E-state index in [9.17, 15) is 10.1 Å². The van der Waals surface area contributed by atoms with Gasteiger partial charge < -0.3 is 14.2 Å². The molecule has 0 unspecified atom stereocenters. The van der Waals surface area contributed by atoms with Gasteiger partial charge >= 0.3 is 0 Å². The van der Waals surface area contributed by atoms with Crippen LogP contribution in [0.5, 0.6) is 17.2 Å². The van der Waals surface area contributed by atoms with Gasteiger partial charge in [-0.3, -0.25) is 9.36 Å². The van der Waals surface area contributed by atoms with Crippen molar-refractivity contribution >= 4 is 44.5 Å². The molecule has 0 spiro atoms. The first-order chi connectivity index (χ1) is 16.5. The molecule has 7 nitrogen and oxygen atoms in total. The Labute approximate surface area is 203 Å². The van der Waals surface area contributed by atoms with Crippen molar-refractivity contribution < 1.29 is 14.2 Å². The molecular formula is C25H21N3O4S2. The molecule has 0 saturated heterocycles. The molecule has 0 fully saturated rings. The second-order valence-corrected chi connectivity index (χ2v) is 9.10. The fourth-order valence-electron chi connectivity index (χ4n) is 3.47. The number of ether oxygens (including phenoxy) is 3. The van der Waals surface area contributed by atoms with Crippen LogP contribution in [0.2, 0.25) is 0 Å². The van der Waals surface area contributed by atoms with Crippen LogP contribution in [0.1, 0.15) is 10.6 Å². The zero-order valence-corrected chi connectivity index (χ0v) is 20.5. The third kappa shape index (κ3) is 4.21. The van der Waals surface area contributed by atoms with E-state index in [1.807, 2.05) is 24.3 Å². The van der Waals surface area contributed by atoms with E-state index in [2.05, 4.69) is 17.6 Å². The van der Waals surface area contributed by atoms with Crippen molar-refractivity contribution in [1.29, 1.82) is 5.26 Å². The Morgan fingerprint density at radius 2 is 1.82 bits per heavy atom. The fraction of sp³-hybridized carbons (Fsp3) is 0.160. The minimum Gasteiger partial charge on any atom is -0.496 e. The topological polar surface area (TPSA) is 86.4 Å². The maximum atomic E-state index is 13.3. The number of aromatic nitrogens is 2. The van der Waals surface area contributed by atoms with Crippen molar-refractivity contribution in [2.45, 2.75) is 6.54 Å². The molecule has 0 aliphatic carbocycles. The molecule has 0 atom stereocenters. The Hall–Kier alpha value is -3.87. The summed E-state index contributed by atoms with van der Waals surface area (Å²) in [5, 5.41) is 10.6. The lowest BCUT2D eigenvalue weighted by atomic mass is 10.1. The number of allylic oxidation sites excluding steroid dienone is 1. The van der Waals surface area contributed by atoms with Gasteiger partial charge in [0.05, 0.1) is 36.1 Å². The summed E-state index contributed by atoms with van der Waals surface area (Å²) in [6.07, 6.45) is 3.36. The molecule has 0 aliphatic heterocycles. The number of fused-ring (bicyclic) bond motifs is 1. The molecule has 0 radical (unpaired) electrons. The monoisotopic (exact) mass is 491 g/mol. The van der Waals surface area contributed by atoms with E-state index < -0.39 is 0 Å². The first kappa shape index (κ1) is 23.3. The first-order valence-electron chi connectivity index (χ1n) is 10.2. The Kier molecular flexibility index (Phi) is 6.82. The minimum atomic E-state index is -0.231. The predicted molar refractivity (Wildman–Crippen MR) is 135 cm³/mol. The van der Waals surface area contributed by atoms with E-state index in [4.69, 9.17) is 14.2 Å². The van der Waals surface area contributed by atoms with Crippen molar-refractivity contribution in [3.63, 3.8) is 0 Å². The zero-order chi connectivity index (χ0) is 24.2. The van der Waals surface area contributed by atoms with E-state index in [0.29, 0.717) is 42.6 Å². The third-order valence-electron chi connectivity index (χ3n) is 5.08. The lowest BCUT2D eigenvalue weighted by Gasteiger charge is -2.11. The van der Waals surface area contributed by atoms with Crippen LogP contribution in [-0.4, -0.2) is 30.9 Å². The van der Waals surface area contributed by atoms with Crippen molar-refractivity contribution in [3.05, 3.63) is 79.2 Å². The number of methoxy groups -OCH3 is 3. The fourth-order valence-corrected chi connectivity index (χ4v) is 5.60. The van der Waals surface area contributed by atoms with Gasteiger partial charge in [-0.25, -0.2) is 4.98 Å². The highest BCUT2D eigenvalue weighted by atomic mass is 32.1. The van der Waals surface area contributed by atoms with Crippen LogP contribution in [0.25, 0.3) is 21.9 Å². The van der Waals surface area contributed by atoms with Crippen molar-refractivity contribution in [2.75, 3.05) is 21.3 Å². The van der Waals surface area contributed by atoms with E-state index in [1.165, 1.54) is 22.7 Å². The molecule has 2 heterocycles. The summed E-state index contributed by atoms with van der Waals surface area (Å²) in [6.45, 7) is 4.03. The summed E-state index contributed by atoms with van der Waals surface area (Å²) in [5.74, 6) is 1.55. The van der Waals surface area contributed by atoms with Crippen LogP contribution >= 0.6 is 22.7 Å². The van der Waals surface area contributed by atoms with Crippen LogP contribution in [0, 0.1) is 11.3 Å². The molecule has 9 heteroatoms. The molecule has 2 aromatic heterocycles. The molecule has 0 amide bonds.